The van der Waals surface area contributed by atoms with Crippen LogP contribution >= 0.6 is 0 Å². The highest BCUT2D eigenvalue weighted by molar-refractivity contribution is 5.13. The molecule has 0 bridgehead atoms. The van der Waals surface area contributed by atoms with Crippen LogP contribution in [0.25, 0.3) is 0 Å². The summed E-state index contributed by atoms with van der Waals surface area (Å²) >= 11 is 0. The molecule has 4 unspecified atom stereocenters. The summed E-state index contributed by atoms with van der Waals surface area (Å²) in [6.07, 6.45) is -17.5. The highest BCUT2D eigenvalue weighted by Crippen LogP contribution is 2.64. The lowest BCUT2D eigenvalue weighted by Crippen LogP contribution is -2.71. The molecule has 0 aromatic carbocycles. The van der Waals surface area contributed by atoms with Crippen LogP contribution in [-0.2, 0) is 4.74 Å². The van der Waals surface area contributed by atoms with E-state index in [1.165, 1.54) is 0 Å². The number of hydrogen-bond donors (Lipinski definition) is 0. The number of hydrogen-bond acceptors (Lipinski definition) is 1. The third-order valence-corrected chi connectivity index (χ3v) is 8.50. The van der Waals surface area contributed by atoms with Crippen LogP contribution in [0.5, 0.6) is 0 Å². The maximum Gasteiger partial charge on any atom is 0.460 e. The fourth-order valence-corrected chi connectivity index (χ4v) is 5.42. The third-order valence-electron chi connectivity index (χ3n) is 8.50. The Labute approximate surface area is 294 Å². The van der Waals surface area contributed by atoms with Gasteiger partial charge in [0.1, 0.15) is 0 Å². The molecule has 0 saturated heterocycles. The van der Waals surface area contributed by atoms with E-state index < -0.39 is 133 Å². The predicted octanol–water partition coefficient (Wildman–Crippen LogP) is 13.1. The molecule has 0 spiro atoms. The molecule has 0 aliphatic heterocycles. The van der Waals surface area contributed by atoms with Crippen molar-refractivity contribution in [1.29, 1.82) is 0 Å². The molecule has 0 aromatic rings. The van der Waals surface area contributed by atoms with Crippen molar-refractivity contribution in [2.75, 3.05) is 13.2 Å². The zero-order chi connectivity index (χ0) is 45.0. The molecule has 0 heterocycles. The van der Waals surface area contributed by atoms with Gasteiger partial charge in [0, 0.05) is 0 Å². The van der Waals surface area contributed by atoms with Gasteiger partial charge < -0.3 is 4.74 Å². The first-order valence-corrected chi connectivity index (χ1v) is 15.1. The maximum atomic E-state index is 15.3. The number of halogens is 26. The van der Waals surface area contributed by atoms with Crippen LogP contribution in [0.4, 0.5) is 114 Å². The average Bonchev–Trinajstić information content (AvgIpc) is 2.93. The maximum absolute atomic E-state index is 15.3. The van der Waals surface area contributed by atoms with Crippen molar-refractivity contribution in [2.24, 2.45) is 35.5 Å². The topological polar surface area (TPSA) is 9.23 Å². The quantitative estimate of drug-likeness (QED) is 0.111. The lowest BCUT2D eigenvalue weighted by atomic mass is 9.77. The second-order valence-corrected chi connectivity index (χ2v) is 13.8. The third kappa shape index (κ3) is 8.79. The molecule has 0 amide bonds. The van der Waals surface area contributed by atoms with Gasteiger partial charge in [0.2, 0.25) is 0 Å². The minimum absolute atomic E-state index is 0.351. The van der Waals surface area contributed by atoms with E-state index in [4.69, 9.17) is 0 Å². The normalized spacial score (nSPS) is 18.2. The summed E-state index contributed by atoms with van der Waals surface area (Å²) in [6.45, 7) is -0.293. The standard InChI is InChI=1S/C28H32F26O/c1-11(2)7-13(5)15(17(29,30)19(33,34)21(37,38)23(41,42)25(45,46)27(49,50)51)9-55-10-16(14(6)8-12(3)4)18(31,32)20(35,36)22(39,40)24(43,44)26(47,48)28(52,53)54/h11-16H,7-10H2,1-6H3. The summed E-state index contributed by atoms with van der Waals surface area (Å²) in [7, 11) is 0. The summed E-state index contributed by atoms with van der Waals surface area (Å²) in [4.78, 5) is 0. The number of ether oxygens (including phenoxy) is 1. The number of rotatable bonds is 20. The zero-order valence-electron chi connectivity index (χ0n) is 28.5. The van der Waals surface area contributed by atoms with Gasteiger partial charge in [-0.05, 0) is 36.5 Å². The van der Waals surface area contributed by atoms with E-state index in [2.05, 4.69) is 4.74 Å². The van der Waals surface area contributed by atoms with Gasteiger partial charge in [0.25, 0.3) is 0 Å². The van der Waals surface area contributed by atoms with Gasteiger partial charge in [0.05, 0.1) is 25.0 Å². The Balaban J connectivity index is 7.37. The Morgan fingerprint density at radius 1 is 0.309 bits per heavy atom. The van der Waals surface area contributed by atoms with Crippen molar-refractivity contribution in [3.63, 3.8) is 0 Å². The second kappa shape index (κ2) is 15.7. The molecule has 4 atom stereocenters. The zero-order valence-corrected chi connectivity index (χ0v) is 28.5. The molecule has 1 nitrogen and oxygen atoms in total. The molecule has 0 radical (unpaired) electrons. The fraction of sp³-hybridized carbons (Fsp3) is 1.00. The van der Waals surface area contributed by atoms with E-state index in [-0.39, 0.29) is 0 Å². The van der Waals surface area contributed by atoms with Crippen LogP contribution in [0.1, 0.15) is 54.4 Å². The summed E-state index contributed by atoms with van der Waals surface area (Å²) < 4.78 is 365. The van der Waals surface area contributed by atoms with Crippen LogP contribution in [-0.4, -0.2) is 84.8 Å². The van der Waals surface area contributed by atoms with Gasteiger partial charge in [-0.2, -0.15) is 114 Å². The van der Waals surface area contributed by atoms with E-state index >= 15 is 17.6 Å². The highest BCUT2D eigenvalue weighted by Gasteiger charge is 2.93. The molecule has 332 valence electrons. The summed E-state index contributed by atoms with van der Waals surface area (Å²) in [5.41, 5.74) is 0. The Kier molecular flexibility index (Phi) is 15.2. The SMILES string of the molecule is CC(C)CC(C)C(COCC(C(C)CC(C)C)C(F)(F)C(F)(F)C(F)(F)C(F)(F)C(F)(F)C(F)(F)F)C(F)(F)C(F)(F)C(F)(F)C(F)(F)C(F)(F)C(F)(F)F. The lowest BCUT2D eigenvalue weighted by Gasteiger charge is -2.44. The molecule has 0 aromatic heterocycles. The van der Waals surface area contributed by atoms with Crippen LogP contribution in [0.2, 0.25) is 0 Å². The molecule has 0 N–H and O–H groups in total. The molecule has 0 rings (SSSR count). The Hall–Kier alpha value is -1.86. The molecular weight excluding hydrogens is 846 g/mol. The Morgan fingerprint density at radius 3 is 0.691 bits per heavy atom. The molecule has 0 fully saturated rings. The van der Waals surface area contributed by atoms with Gasteiger partial charge >= 0.3 is 71.6 Å². The monoisotopic (exact) mass is 878 g/mol. The van der Waals surface area contributed by atoms with E-state index in [0.29, 0.717) is 13.8 Å². The van der Waals surface area contributed by atoms with Crippen molar-refractivity contribution in [3.8, 4) is 0 Å². The Bertz CT molecular complexity index is 1150. The minimum Gasteiger partial charge on any atom is -0.380 e. The van der Waals surface area contributed by atoms with E-state index in [1.807, 2.05) is 0 Å². The lowest BCUT2D eigenvalue weighted by molar-refractivity contribution is -0.445. The second-order valence-electron chi connectivity index (χ2n) is 13.8. The van der Waals surface area contributed by atoms with Crippen molar-refractivity contribution in [2.45, 2.75) is 126 Å². The van der Waals surface area contributed by atoms with Crippen LogP contribution < -0.4 is 0 Å². The first-order valence-electron chi connectivity index (χ1n) is 15.1. The van der Waals surface area contributed by atoms with E-state index in [9.17, 15) is 96.6 Å². The first kappa shape index (κ1) is 53.1. The molecule has 0 aliphatic carbocycles. The molecular formula is C28H32F26O. The van der Waals surface area contributed by atoms with Gasteiger partial charge in [0.15, 0.2) is 0 Å². The largest absolute Gasteiger partial charge is 0.460 e. The fourth-order valence-electron chi connectivity index (χ4n) is 5.42. The molecule has 55 heavy (non-hydrogen) atoms. The van der Waals surface area contributed by atoms with Gasteiger partial charge in [-0.15, -0.1) is 0 Å². The van der Waals surface area contributed by atoms with Gasteiger partial charge in [-0.3, -0.25) is 0 Å². The van der Waals surface area contributed by atoms with Gasteiger partial charge in [-0.1, -0.05) is 41.5 Å². The predicted molar refractivity (Wildman–Crippen MR) is 137 cm³/mol. The minimum atomic E-state index is -8.39. The van der Waals surface area contributed by atoms with Crippen LogP contribution in [0.3, 0.4) is 0 Å². The first-order chi connectivity index (χ1) is 23.7. The van der Waals surface area contributed by atoms with Crippen LogP contribution in [0.15, 0.2) is 0 Å². The summed E-state index contributed by atoms with van der Waals surface area (Å²) in [5, 5.41) is 0. The van der Waals surface area contributed by atoms with Crippen molar-refractivity contribution >= 4 is 0 Å². The number of alkyl halides is 26. The van der Waals surface area contributed by atoms with Crippen LogP contribution in [0, 0.1) is 35.5 Å². The Morgan fingerprint density at radius 2 is 0.509 bits per heavy atom. The molecule has 27 heteroatoms. The van der Waals surface area contributed by atoms with Gasteiger partial charge in [-0.25, -0.2) is 0 Å². The van der Waals surface area contributed by atoms with E-state index in [0.717, 1.165) is 27.7 Å². The van der Waals surface area contributed by atoms with Crippen molar-refractivity contribution < 1.29 is 119 Å². The smallest absolute Gasteiger partial charge is 0.380 e. The molecule has 0 aliphatic rings. The summed E-state index contributed by atoms with van der Waals surface area (Å²) in [6, 6.07) is 0. The average molecular weight is 879 g/mol. The summed E-state index contributed by atoms with van der Waals surface area (Å²) in [5.74, 6) is -94.5. The highest BCUT2D eigenvalue weighted by atomic mass is 19.4. The molecule has 0 saturated carbocycles. The van der Waals surface area contributed by atoms with Crippen molar-refractivity contribution in [3.05, 3.63) is 0 Å². The van der Waals surface area contributed by atoms with E-state index in [1.54, 1.807) is 0 Å². The van der Waals surface area contributed by atoms with Crippen molar-refractivity contribution in [1.82, 2.24) is 0 Å².